The molecular weight excluding hydrogens is 396 g/mol. The van der Waals surface area contributed by atoms with E-state index in [1.54, 1.807) is 24.3 Å². The highest BCUT2D eigenvalue weighted by Gasteiger charge is 2.41. The van der Waals surface area contributed by atoms with Crippen molar-refractivity contribution >= 4 is 39.7 Å². The second-order valence-electron chi connectivity index (χ2n) is 5.25. The van der Waals surface area contributed by atoms with E-state index in [0.717, 1.165) is 14.2 Å². The lowest BCUT2D eigenvalue weighted by atomic mass is 9.86. The number of benzene rings is 1. The number of rotatable bonds is 7. The van der Waals surface area contributed by atoms with Crippen LogP contribution in [-0.4, -0.2) is 44.0 Å². The number of nitrogens with one attached hydrogen (secondary N) is 1. The molecule has 2 atom stereocenters. The van der Waals surface area contributed by atoms with E-state index in [-0.39, 0.29) is 5.56 Å². The van der Waals surface area contributed by atoms with E-state index >= 15 is 0 Å². The van der Waals surface area contributed by atoms with Crippen molar-refractivity contribution in [3.63, 3.8) is 0 Å². The molecule has 2 amide bonds. The average Bonchev–Trinajstić information content (AvgIpc) is 2.58. The molecule has 0 heterocycles. The monoisotopic (exact) mass is 414 g/mol. The lowest BCUT2D eigenvalue weighted by molar-refractivity contribution is -0.161. The van der Waals surface area contributed by atoms with Crippen LogP contribution in [0.25, 0.3) is 0 Å². The highest BCUT2D eigenvalue weighted by atomic mass is 79.9. The van der Waals surface area contributed by atoms with Gasteiger partial charge in [-0.15, -0.1) is 0 Å². The fraction of sp³-hybridized carbons (Fsp3) is 0.375. The van der Waals surface area contributed by atoms with Crippen molar-refractivity contribution in [3.05, 3.63) is 34.3 Å². The SMILES string of the molecule is COC(=O)C(C(=O)OC)[C@H](C)[C@H](NC(=O)c1cccc(Br)c1)C(N)=O. The van der Waals surface area contributed by atoms with Gasteiger partial charge < -0.3 is 20.5 Å². The maximum Gasteiger partial charge on any atom is 0.320 e. The highest BCUT2D eigenvalue weighted by molar-refractivity contribution is 9.10. The van der Waals surface area contributed by atoms with Crippen LogP contribution >= 0.6 is 15.9 Å². The summed E-state index contributed by atoms with van der Waals surface area (Å²) in [7, 11) is 2.20. The normalized spacial score (nSPS) is 12.8. The van der Waals surface area contributed by atoms with E-state index in [9.17, 15) is 19.2 Å². The summed E-state index contributed by atoms with van der Waals surface area (Å²) < 4.78 is 9.83. The van der Waals surface area contributed by atoms with Crippen LogP contribution in [0.15, 0.2) is 28.7 Å². The lowest BCUT2D eigenvalue weighted by Gasteiger charge is -2.26. The summed E-state index contributed by atoms with van der Waals surface area (Å²) in [6.07, 6.45) is 0. The van der Waals surface area contributed by atoms with E-state index in [1.807, 2.05) is 0 Å². The van der Waals surface area contributed by atoms with Crippen molar-refractivity contribution in [3.8, 4) is 0 Å². The summed E-state index contributed by atoms with van der Waals surface area (Å²) >= 11 is 3.24. The van der Waals surface area contributed by atoms with Gasteiger partial charge in [-0.2, -0.15) is 0 Å². The number of carbonyl (C=O) groups excluding carboxylic acids is 4. The van der Waals surface area contributed by atoms with Gasteiger partial charge in [-0.1, -0.05) is 28.9 Å². The minimum atomic E-state index is -1.41. The molecule has 136 valence electrons. The third kappa shape index (κ3) is 5.28. The molecule has 25 heavy (non-hydrogen) atoms. The number of amides is 2. The topological polar surface area (TPSA) is 125 Å². The average molecular weight is 415 g/mol. The number of ether oxygens (including phenoxy) is 2. The van der Waals surface area contributed by atoms with Crippen molar-refractivity contribution in [2.24, 2.45) is 17.6 Å². The lowest BCUT2D eigenvalue weighted by Crippen LogP contribution is -2.52. The van der Waals surface area contributed by atoms with Gasteiger partial charge in [-0.05, 0) is 18.2 Å². The highest BCUT2D eigenvalue weighted by Crippen LogP contribution is 2.20. The summed E-state index contributed by atoms with van der Waals surface area (Å²) in [4.78, 5) is 47.9. The molecule has 9 heteroatoms. The molecule has 0 bridgehead atoms. The minimum Gasteiger partial charge on any atom is -0.468 e. The van der Waals surface area contributed by atoms with Gasteiger partial charge in [0.1, 0.15) is 6.04 Å². The molecule has 0 saturated heterocycles. The van der Waals surface area contributed by atoms with Crippen molar-refractivity contribution in [2.45, 2.75) is 13.0 Å². The van der Waals surface area contributed by atoms with E-state index in [4.69, 9.17) is 5.73 Å². The number of hydrogen-bond donors (Lipinski definition) is 2. The number of methoxy groups -OCH3 is 2. The first-order valence-electron chi connectivity index (χ1n) is 7.24. The molecular formula is C16H19BrN2O6. The summed E-state index contributed by atoms with van der Waals surface area (Å²) in [6.45, 7) is 1.43. The molecule has 3 N–H and O–H groups in total. The molecule has 0 aromatic heterocycles. The number of nitrogens with two attached hydrogens (primary N) is 1. The van der Waals surface area contributed by atoms with Crippen molar-refractivity contribution in [1.82, 2.24) is 5.32 Å². The van der Waals surface area contributed by atoms with Gasteiger partial charge >= 0.3 is 11.9 Å². The Balaban J connectivity index is 3.08. The second kappa shape index (κ2) is 9.16. The second-order valence-corrected chi connectivity index (χ2v) is 6.16. The fourth-order valence-electron chi connectivity index (χ4n) is 2.29. The Morgan fingerprint density at radius 3 is 2.12 bits per heavy atom. The summed E-state index contributed by atoms with van der Waals surface area (Å²) in [5.41, 5.74) is 5.63. The first kappa shape index (κ1) is 20.6. The molecule has 1 aromatic rings. The summed E-state index contributed by atoms with van der Waals surface area (Å²) in [6, 6.07) is 5.19. The van der Waals surface area contributed by atoms with Crippen LogP contribution in [0, 0.1) is 11.8 Å². The van der Waals surface area contributed by atoms with E-state index in [2.05, 4.69) is 30.7 Å². The molecule has 0 spiro atoms. The summed E-state index contributed by atoms with van der Waals surface area (Å²) in [5.74, 6) is -5.63. The standard InChI is InChI=1S/C16H19BrN2O6/c1-8(11(15(22)24-2)16(23)25-3)12(13(18)20)19-14(21)9-5-4-6-10(17)7-9/h4-8,11-12H,1-3H3,(H2,18,20)(H,19,21)/t8-,12-/m0/s1. The molecule has 0 fully saturated rings. The van der Waals surface area contributed by atoms with Gasteiger partial charge in [0.05, 0.1) is 14.2 Å². The predicted molar refractivity (Wildman–Crippen MR) is 91.3 cm³/mol. The van der Waals surface area contributed by atoms with Gasteiger partial charge in [0.2, 0.25) is 5.91 Å². The Morgan fingerprint density at radius 2 is 1.68 bits per heavy atom. The van der Waals surface area contributed by atoms with Crippen molar-refractivity contribution in [1.29, 1.82) is 0 Å². The van der Waals surface area contributed by atoms with Gasteiger partial charge in [0, 0.05) is 16.0 Å². The van der Waals surface area contributed by atoms with Gasteiger partial charge in [0.15, 0.2) is 5.92 Å². The first-order valence-corrected chi connectivity index (χ1v) is 8.03. The number of halogens is 1. The smallest absolute Gasteiger partial charge is 0.320 e. The quantitative estimate of drug-likeness (QED) is 0.497. The largest absolute Gasteiger partial charge is 0.468 e. The van der Waals surface area contributed by atoms with E-state index < -0.39 is 41.6 Å². The molecule has 0 aliphatic carbocycles. The first-order chi connectivity index (χ1) is 11.7. The Hall–Kier alpha value is -2.42. The molecule has 0 aliphatic rings. The van der Waals surface area contributed by atoms with Crippen LogP contribution in [0.3, 0.4) is 0 Å². The Bertz CT molecular complexity index is 662. The van der Waals surface area contributed by atoms with Crippen LogP contribution in [-0.2, 0) is 23.9 Å². The van der Waals surface area contributed by atoms with Crippen LogP contribution in [0.2, 0.25) is 0 Å². The molecule has 0 saturated carbocycles. The maximum absolute atomic E-state index is 12.3. The molecule has 0 unspecified atom stereocenters. The number of carbonyl (C=O) groups is 4. The van der Waals surface area contributed by atoms with Gasteiger partial charge in [-0.25, -0.2) is 0 Å². The van der Waals surface area contributed by atoms with E-state index in [1.165, 1.54) is 6.92 Å². The van der Waals surface area contributed by atoms with Crippen molar-refractivity contribution < 1.29 is 28.7 Å². The Kier molecular flexibility index (Phi) is 7.56. The van der Waals surface area contributed by atoms with Gasteiger partial charge in [-0.3, -0.25) is 19.2 Å². The third-order valence-corrected chi connectivity index (χ3v) is 4.13. The molecule has 1 rings (SSSR count). The van der Waals surface area contributed by atoms with E-state index in [0.29, 0.717) is 4.47 Å². The fourth-order valence-corrected chi connectivity index (χ4v) is 2.69. The molecule has 8 nitrogen and oxygen atoms in total. The molecule has 1 aromatic carbocycles. The van der Waals surface area contributed by atoms with Crippen LogP contribution in [0.1, 0.15) is 17.3 Å². The van der Waals surface area contributed by atoms with Crippen LogP contribution in [0.5, 0.6) is 0 Å². The number of primary amides is 1. The molecule has 0 radical (unpaired) electrons. The third-order valence-electron chi connectivity index (χ3n) is 3.64. The van der Waals surface area contributed by atoms with Crippen LogP contribution < -0.4 is 11.1 Å². The van der Waals surface area contributed by atoms with Crippen molar-refractivity contribution in [2.75, 3.05) is 14.2 Å². The Morgan fingerprint density at radius 1 is 1.12 bits per heavy atom. The summed E-state index contributed by atoms with van der Waals surface area (Å²) in [5, 5.41) is 2.45. The Labute approximate surface area is 153 Å². The van der Waals surface area contributed by atoms with Crippen LogP contribution in [0.4, 0.5) is 0 Å². The number of esters is 2. The zero-order valence-electron chi connectivity index (χ0n) is 13.9. The van der Waals surface area contributed by atoms with Gasteiger partial charge in [0.25, 0.3) is 5.91 Å². The number of hydrogen-bond acceptors (Lipinski definition) is 6. The zero-order chi connectivity index (χ0) is 19.1. The minimum absolute atomic E-state index is 0.278. The zero-order valence-corrected chi connectivity index (χ0v) is 15.5. The predicted octanol–water partition coefficient (Wildman–Crippen LogP) is 0.631. The maximum atomic E-state index is 12.3. The molecule has 0 aliphatic heterocycles.